The smallest absolute Gasteiger partial charge is 0.223 e. The van der Waals surface area contributed by atoms with Crippen molar-refractivity contribution in [3.8, 4) is 11.6 Å². The van der Waals surface area contributed by atoms with Gasteiger partial charge in [0.2, 0.25) is 5.88 Å². The van der Waals surface area contributed by atoms with Crippen molar-refractivity contribution in [3.63, 3.8) is 0 Å². The summed E-state index contributed by atoms with van der Waals surface area (Å²) in [7, 11) is 0. The minimum atomic E-state index is -0.373. The van der Waals surface area contributed by atoms with Crippen molar-refractivity contribution in [2.75, 3.05) is 6.54 Å². The predicted molar refractivity (Wildman–Crippen MR) is 70.6 cm³/mol. The number of pyridine rings is 2. The van der Waals surface area contributed by atoms with Gasteiger partial charge >= 0.3 is 0 Å². The molecule has 0 bridgehead atoms. The maximum atomic E-state index is 13.2. The van der Waals surface area contributed by atoms with Gasteiger partial charge in [0.25, 0.3) is 0 Å². The molecule has 19 heavy (non-hydrogen) atoms. The highest BCUT2D eigenvalue weighted by Gasteiger charge is 2.08. The molecule has 100 valence electrons. The second-order valence-electron chi connectivity index (χ2n) is 4.14. The second-order valence-corrected chi connectivity index (χ2v) is 4.14. The largest absolute Gasteiger partial charge is 0.437 e. The van der Waals surface area contributed by atoms with Gasteiger partial charge in [0.1, 0.15) is 11.6 Å². The van der Waals surface area contributed by atoms with Crippen LogP contribution in [0.15, 0.2) is 30.6 Å². The molecule has 5 heteroatoms. The molecule has 0 unspecified atom stereocenters. The highest BCUT2D eigenvalue weighted by atomic mass is 19.1. The maximum absolute atomic E-state index is 13.2. The Bertz CT molecular complexity index is 543. The first-order valence-electron chi connectivity index (χ1n) is 6.14. The van der Waals surface area contributed by atoms with Gasteiger partial charge in [0, 0.05) is 17.8 Å². The Labute approximate surface area is 111 Å². The average Bonchev–Trinajstić information content (AvgIpc) is 2.41. The fraction of sp³-hybridized carbons (Fsp3) is 0.286. The van der Waals surface area contributed by atoms with Gasteiger partial charge in [-0.3, -0.25) is 4.98 Å². The first-order chi connectivity index (χ1) is 9.19. The van der Waals surface area contributed by atoms with Crippen LogP contribution < -0.4 is 10.1 Å². The zero-order valence-electron chi connectivity index (χ0n) is 11.0. The lowest BCUT2D eigenvalue weighted by molar-refractivity contribution is 0.447. The lowest BCUT2D eigenvalue weighted by atomic mass is 10.2. The molecular weight excluding hydrogens is 245 g/mol. The van der Waals surface area contributed by atoms with Gasteiger partial charge < -0.3 is 10.1 Å². The Morgan fingerprint density at radius 1 is 1.26 bits per heavy atom. The molecule has 0 aliphatic heterocycles. The van der Waals surface area contributed by atoms with Crippen molar-refractivity contribution >= 4 is 0 Å². The van der Waals surface area contributed by atoms with Crippen LogP contribution in [-0.4, -0.2) is 16.5 Å². The van der Waals surface area contributed by atoms with Crippen LogP contribution in [0.25, 0.3) is 0 Å². The molecule has 2 heterocycles. The molecule has 0 saturated heterocycles. The number of nitrogens with one attached hydrogen (secondary N) is 1. The summed E-state index contributed by atoms with van der Waals surface area (Å²) >= 11 is 0. The molecule has 4 nitrogen and oxygen atoms in total. The van der Waals surface area contributed by atoms with E-state index < -0.39 is 0 Å². The van der Waals surface area contributed by atoms with Gasteiger partial charge in [-0.2, -0.15) is 0 Å². The molecular formula is C14H16FN3O. The molecule has 0 spiro atoms. The Hall–Kier alpha value is -2.01. The summed E-state index contributed by atoms with van der Waals surface area (Å²) in [6.07, 6.45) is 2.77. The van der Waals surface area contributed by atoms with E-state index in [2.05, 4.69) is 15.3 Å². The molecule has 0 saturated carbocycles. The van der Waals surface area contributed by atoms with E-state index in [1.165, 1.54) is 6.07 Å². The van der Waals surface area contributed by atoms with E-state index in [0.29, 0.717) is 23.7 Å². The summed E-state index contributed by atoms with van der Waals surface area (Å²) in [6.45, 7) is 5.19. The molecule has 0 radical (unpaired) electrons. The van der Waals surface area contributed by atoms with E-state index in [4.69, 9.17) is 4.74 Å². The average molecular weight is 261 g/mol. The summed E-state index contributed by atoms with van der Waals surface area (Å²) in [5, 5.41) is 3.12. The summed E-state index contributed by atoms with van der Waals surface area (Å²) in [5.74, 6) is 0.609. The molecule has 0 aliphatic carbocycles. The molecule has 1 N–H and O–H groups in total. The molecule has 0 amide bonds. The van der Waals surface area contributed by atoms with Crippen LogP contribution in [0.5, 0.6) is 11.6 Å². The zero-order valence-corrected chi connectivity index (χ0v) is 11.0. The normalized spacial score (nSPS) is 10.5. The molecule has 2 rings (SSSR count). The number of aromatic nitrogens is 2. The van der Waals surface area contributed by atoms with Gasteiger partial charge in [-0.1, -0.05) is 6.92 Å². The number of halogens is 1. The molecule has 2 aromatic heterocycles. The Morgan fingerprint density at radius 2 is 2.11 bits per heavy atom. The van der Waals surface area contributed by atoms with Crippen molar-refractivity contribution in [1.29, 1.82) is 0 Å². The first-order valence-corrected chi connectivity index (χ1v) is 6.14. The summed E-state index contributed by atoms with van der Waals surface area (Å²) in [6, 6.07) is 5.08. The molecule has 0 fully saturated rings. The van der Waals surface area contributed by atoms with Gasteiger partial charge in [0.05, 0.1) is 12.4 Å². The molecule has 0 aliphatic rings. The number of aryl methyl sites for hydroxylation is 1. The monoisotopic (exact) mass is 261 g/mol. The topological polar surface area (TPSA) is 47.0 Å². The molecule has 0 aromatic carbocycles. The number of nitrogens with zero attached hydrogens (tertiary/aromatic N) is 2. The third kappa shape index (κ3) is 3.72. The Morgan fingerprint density at radius 3 is 2.79 bits per heavy atom. The van der Waals surface area contributed by atoms with Gasteiger partial charge in [-0.05, 0) is 31.7 Å². The van der Waals surface area contributed by atoms with E-state index in [-0.39, 0.29) is 5.82 Å². The quantitative estimate of drug-likeness (QED) is 0.899. The lowest BCUT2D eigenvalue weighted by Gasteiger charge is -2.10. The number of hydrogen-bond donors (Lipinski definition) is 1. The second kappa shape index (κ2) is 6.24. The molecule has 0 atom stereocenters. The number of ether oxygens (including phenoxy) is 1. The maximum Gasteiger partial charge on any atom is 0.223 e. The minimum Gasteiger partial charge on any atom is -0.437 e. The van der Waals surface area contributed by atoms with Gasteiger partial charge in [-0.25, -0.2) is 9.37 Å². The summed E-state index contributed by atoms with van der Waals surface area (Å²) < 4.78 is 18.8. The highest BCUT2D eigenvalue weighted by molar-refractivity contribution is 5.31. The SMILES string of the molecule is CCNCc1cc(F)cnc1Oc1ccc(C)nc1. The van der Waals surface area contributed by atoms with E-state index >= 15 is 0 Å². The van der Waals surface area contributed by atoms with Crippen LogP contribution in [0.4, 0.5) is 4.39 Å². The Balaban J connectivity index is 2.20. The fourth-order valence-corrected chi connectivity index (χ4v) is 1.57. The molecule has 2 aromatic rings. The van der Waals surface area contributed by atoms with Gasteiger partial charge in [-0.15, -0.1) is 0 Å². The Kier molecular flexibility index (Phi) is 4.41. The summed E-state index contributed by atoms with van der Waals surface area (Å²) in [5.41, 5.74) is 1.59. The third-order valence-corrected chi connectivity index (χ3v) is 2.56. The van der Waals surface area contributed by atoms with Crippen LogP contribution in [0.1, 0.15) is 18.2 Å². The van der Waals surface area contributed by atoms with Crippen LogP contribution in [0, 0.1) is 12.7 Å². The van der Waals surface area contributed by atoms with E-state index in [1.807, 2.05) is 26.0 Å². The van der Waals surface area contributed by atoms with Crippen molar-refractivity contribution in [1.82, 2.24) is 15.3 Å². The van der Waals surface area contributed by atoms with Crippen molar-refractivity contribution in [2.24, 2.45) is 0 Å². The minimum absolute atomic E-state index is 0.373. The van der Waals surface area contributed by atoms with Crippen LogP contribution in [0.3, 0.4) is 0 Å². The standard InChI is InChI=1S/C14H16FN3O/c1-3-16-7-11-6-12(15)8-18-14(11)19-13-5-4-10(2)17-9-13/h4-6,8-9,16H,3,7H2,1-2H3. The highest BCUT2D eigenvalue weighted by Crippen LogP contribution is 2.23. The van der Waals surface area contributed by atoms with Crippen molar-refractivity contribution < 1.29 is 9.13 Å². The first kappa shape index (κ1) is 13.4. The number of hydrogen-bond acceptors (Lipinski definition) is 4. The van der Waals surface area contributed by atoms with E-state index in [9.17, 15) is 4.39 Å². The van der Waals surface area contributed by atoms with Crippen LogP contribution >= 0.6 is 0 Å². The van der Waals surface area contributed by atoms with E-state index in [1.54, 1.807) is 6.20 Å². The zero-order chi connectivity index (χ0) is 13.7. The van der Waals surface area contributed by atoms with Crippen LogP contribution in [0.2, 0.25) is 0 Å². The fourth-order valence-electron chi connectivity index (χ4n) is 1.57. The van der Waals surface area contributed by atoms with Gasteiger partial charge in [0.15, 0.2) is 0 Å². The summed E-state index contributed by atoms with van der Waals surface area (Å²) in [4.78, 5) is 8.13. The van der Waals surface area contributed by atoms with Crippen molar-refractivity contribution in [2.45, 2.75) is 20.4 Å². The van der Waals surface area contributed by atoms with Crippen molar-refractivity contribution in [3.05, 3.63) is 47.7 Å². The predicted octanol–water partition coefficient (Wildman–Crippen LogP) is 2.83. The third-order valence-electron chi connectivity index (χ3n) is 2.56. The van der Waals surface area contributed by atoms with Crippen LogP contribution in [-0.2, 0) is 6.54 Å². The number of rotatable bonds is 5. The lowest BCUT2D eigenvalue weighted by Crippen LogP contribution is -2.13. The van der Waals surface area contributed by atoms with E-state index in [0.717, 1.165) is 18.4 Å².